The molecule has 176 valence electrons. The molecule has 1 aromatic heterocycles. The van der Waals surface area contributed by atoms with Crippen molar-refractivity contribution in [2.75, 3.05) is 14.2 Å². The van der Waals surface area contributed by atoms with E-state index in [1.54, 1.807) is 30.1 Å². The van der Waals surface area contributed by atoms with Crippen molar-refractivity contribution in [3.63, 3.8) is 0 Å². The van der Waals surface area contributed by atoms with Gasteiger partial charge in [-0.15, -0.1) is 0 Å². The molecule has 3 aromatic rings. The van der Waals surface area contributed by atoms with Crippen molar-refractivity contribution in [2.24, 2.45) is 0 Å². The predicted octanol–water partition coefficient (Wildman–Crippen LogP) is 4.87. The van der Waals surface area contributed by atoms with Crippen molar-refractivity contribution in [1.82, 2.24) is 14.5 Å². The van der Waals surface area contributed by atoms with E-state index in [1.165, 1.54) is 0 Å². The van der Waals surface area contributed by atoms with Gasteiger partial charge in [-0.2, -0.15) is 0 Å². The number of hydrogen-bond acceptors (Lipinski definition) is 5. The summed E-state index contributed by atoms with van der Waals surface area (Å²) in [6.07, 6.45) is 5.88. The van der Waals surface area contributed by atoms with Gasteiger partial charge in [0.15, 0.2) is 11.5 Å². The fourth-order valence-corrected chi connectivity index (χ4v) is 4.59. The van der Waals surface area contributed by atoms with Crippen molar-refractivity contribution < 1.29 is 9.47 Å². The second-order valence-electron chi connectivity index (χ2n) is 10.0. The van der Waals surface area contributed by atoms with E-state index in [1.807, 2.05) is 30.3 Å². The summed E-state index contributed by atoms with van der Waals surface area (Å²) < 4.78 is 13.6. The Hall–Kier alpha value is -2.86. The van der Waals surface area contributed by atoms with Crippen molar-refractivity contribution in [2.45, 2.75) is 70.7 Å². The molecule has 1 aliphatic rings. The Balaban J connectivity index is 1.55. The van der Waals surface area contributed by atoms with Gasteiger partial charge < -0.3 is 9.47 Å². The molecule has 6 heteroatoms. The zero-order valence-corrected chi connectivity index (χ0v) is 20.4. The molecule has 1 saturated carbocycles. The largest absolute Gasteiger partial charge is 0.493 e. The molecular weight excluding hydrogens is 414 g/mol. The van der Waals surface area contributed by atoms with Crippen LogP contribution in [0.5, 0.6) is 11.5 Å². The van der Waals surface area contributed by atoms with E-state index in [0.29, 0.717) is 35.0 Å². The standard InChI is InChI=1S/C27H35N3O3/c1-27(2,3)29(4)20-11-13-21(14-12-20)33-25-15-22-23(16-24(25)32-5)28-18-30(26(22)31)17-19-9-7-6-8-10-19/h6-10,15-16,18,20-21H,11-14,17H2,1-5H3. The minimum absolute atomic E-state index is 0.0770. The molecule has 6 nitrogen and oxygen atoms in total. The molecule has 0 bridgehead atoms. The number of aromatic nitrogens is 2. The van der Waals surface area contributed by atoms with Crippen LogP contribution in [0.2, 0.25) is 0 Å². The highest BCUT2D eigenvalue weighted by Crippen LogP contribution is 2.35. The van der Waals surface area contributed by atoms with Gasteiger partial charge in [-0.25, -0.2) is 4.98 Å². The molecule has 2 aromatic carbocycles. The molecule has 4 rings (SSSR count). The van der Waals surface area contributed by atoms with E-state index in [2.05, 4.69) is 37.7 Å². The molecule has 1 fully saturated rings. The SMILES string of the molecule is COc1cc2ncn(Cc3ccccc3)c(=O)c2cc1OC1CCC(N(C)C(C)(C)C)CC1. The molecule has 1 heterocycles. The van der Waals surface area contributed by atoms with Gasteiger partial charge in [0.2, 0.25) is 0 Å². The first-order valence-electron chi connectivity index (χ1n) is 11.8. The van der Waals surface area contributed by atoms with Gasteiger partial charge in [-0.05, 0) is 65.1 Å². The van der Waals surface area contributed by atoms with Gasteiger partial charge >= 0.3 is 0 Å². The minimum atomic E-state index is -0.0770. The van der Waals surface area contributed by atoms with E-state index in [0.717, 1.165) is 31.2 Å². The smallest absolute Gasteiger partial charge is 0.261 e. The third-order valence-corrected chi connectivity index (χ3v) is 6.85. The number of methoxy groups -OCH3 is 1. The zero-order chi connectivity index (χ0) is 23.6. The van der Waals surface area contributed by atoms with E-state index in [4.69, 9.17) is 9.47 Å². The minimum Gasteiger partial charge on any atom is -0.493 e. The van der Waals surface area contributed by atoms with Crippen LogP contribution in [-0.4, -0.2) is 46.3 Å². The highest BCUT2D eigenvalue weighted by molar-refractivity contribution is 5.81. The summed E-state index contributed by atoms with van der Waals surface area (Å²) >= 11 is 0. The number of nitrogens with zero attached hydrogens (tertiary/aromatic N) is 3. The van der Waals surface area contributed by atoms with Crippen LogP contribution in [-0.2, 0) is 6.54 Å². The fourth-order valence-electron chi connectivity index (χ4n) is 4.59. The first-order chi connectivity index (χ1) is 15.8. The lowest BCUT2D eigenvalue weighted by molar-refractivity contribution is 0.0537. The number of hydrogen-bond donors (Lipinski definition) is 0. The van der Waals surface area contributed by atoms with Crippen LogP contribution in [0.25, 0.3) is 10.9 Å². The predicted molar refractivity (Wildman–Crippen MR) is 132 cm³/mol. The summed E-state index contributed by atoms with van der Waals surface area (Å²) in [5.41, 5.74) is 1.76. The molecule has 0 radical (unpaired) electrons. The number of benzene rings is 2. The summed E-state index contributed by atoms with van der Waals surface area (Å²) in [6.45, 7) is 7.26. The number of rotatable bonds is 6. The Bertz CT molecular complexity index is 1140. The molecule has 0 atom stereocenters. The summed E-state index contributed by atoms with van der Waals surface area (Å²) in [5, 5.41) is 0.547. The van der Waals surface area contributed by atoms with Crippen molar-refractivity contribution >= 4 is 10.9 Å². The first kappa shape index (κ1) is 23.3. The number of ether oxygens (including phenoxy) is 2. The molecular formula is C27H35N3O3. The van der Waals surface area contributed by atoms with Crippen LogP contribution < -0.4 is 15.0 Å². The Morgan fingerprint density at radius 1 is 1.06 bits per heavy atom. The second kappa shape index (κ2) is 9.56. The molecule has 33 heavy (non-hydrogen) atoms. The summed E-state index contributed by atoms with van der Waals surface area (Å²) in [4.78, 5) is 20.2. The molecule has 0 saturated heterocycles. The highest BCUT2D eigenvalue weighted by Gasteiger charge is 2.30. The van der Waals surface area contributed by atoms with Crippen LogP contribution >= 0.6 is 0 Å². The monoisotopic (exact) mass is 449 g/mol. The third-order valence-electron chi connectivity index (χ3n) is 6.85. The summed E-state index contributed by atoms with van der Waals surface area (Å²) in [6, 6.07) is 14.1. The molecule has 0 spiro atoms. The Morgan fingerprint density at radius 2 is 1.76 bits per heavy atom. The van der Waals surface area contributed by atoms with Crippen LogP contribution in [0.1, 0.15) is 52.0 Å². The van der Waals surface area contributed by atoms with Crippen LogP contribution in [0.4, 0.5) is 0 Å². The molecule has 1 aliphatic carbocycles. The van der Waals surface area contributed by atoms with E-state index in [-0.39, 0.29) is 17.2 Å². The topological polar surface area (TPSA) is 56.6 Å². The average molecular weight is 450 g/mol. The van der Waals surface area contributed by atoms with Gasteiger partial charge in [0.1, 0.15) is 0 Å². The van der Waals surface area contributed by atoms with Crippen LogP contribution in [0.3, 0.4) is 0 Å². The molecule has 0 amide bonds. The summed E-state index contributed by atoms with van der Waals surface area (Å²) in [7, 11) is 3.84. The van der Waals surface area contributed by atoms with Crippen molar-refractivity contribution in [3.05, 3.63) is 64.7 Å². The fraction of sp³-hybridized carbons (Fsp3) is 0.481. The second-order valence-corrected chi connectivity index (χ2v) is 10.0. The normalized spacial score (nSPS) is 19.1. The van der Waals surface area contributed by atoms with E-state index < -0.39 is 0 Å². The van der Waals surface area contributed by atoms with Gasteiger partial charge in [-0.1, -0.05) is 30.3 Å². The number of fused-ring (bicyclic) bond motifs is 1. The maximum atomic E-state index is 13.2. The molecule has 0 aliphatic heterocycles. The molecule has 0 unspecified atom stereocenters. The zero-order valence-electron chi connectivity index (χ0n) is 20.4. The third kappa shape index (κ3) is 5.22. The van der Waals surface area contributed by atoms with Crippen LogP contribution in [0.15, 0.2) is 53.6 Å². The Kier molecular flexibility index (Phi) is 6.75. The highest BCUT2D eigenvalue weighted by atomic mass is 16.5. The summed E-state index contributed by atoms with van der Waals surface area (Å²) in [5.74, 6) is 1.23. The molecule has 0 N–H and O–H groups in total. The Morgan fingerprint density at radius 3 is 2.39 bits per heavy atom. The van der Waals surface area contributed by atoms with Crippen molar-refractivity contribution in [3.8, 4) is 11.5 Å². The lowest BCUT2D eigenvalue weighted by atomic mass is 9.89. The van der Waals surface area contributed by atoms with Gasteiger partial charge in [0, 0.05) is 17.6 Å². The first-order valence-corrected chi connectivity index (χ1v) is 11.8. The quantitative estimate of drug-likeness (QED) is 0.537. The average Bonchev–Trinajstić information content (AvgIpc) is 2.81. The van der Waals surface area contributed by atoms with Gasteiger partial charge in [0.05, 0.1) is 37.0 Å². The van der Waals surface area contributed by atoms with Gasteiger partial charge in [0.25, 0.3) is 5.56 Å². The van der Waals surface area contributed by atoms with Crippen LogP contribution in [0, 0.1) is 0 Å². The maximum absolute atomic E-state index is 13.2. The lowest BCUT2D eigenvalue weighted by Gasteiger charge is -2.42. The lowest BCUT2D eigenvalue weighted by Crippen LogP contribution is -2.47. The Labute approximate surface area is 196 Å². The van der Waals surface area contributed by atoms with Gasteiger partial charge in [-0.3, -0.25) is 14.3 Å². The van der Waals surface area contributed by atoms with Crippen molar-refractivity contribution in [1.29, 1.82) is 0 Å². The van der Waals surface area contributed by atoms with E-state index >= 15 is 0 Å². The maximum Gasteiger partial charge on any atom is 0.261 e. The van der Waals surface area contributed by atoms with E-state index in [9.17, 15) is 4.79 Å².